The van der Waals surface area contributed by atoms with E-state index in [0.29, 0.717) is 47.2 Å². The van der Waals surface area contributed by atoms with Crippen molar-refractivity contribution in [2.24, 2.45) is 64.1 Å². The van der Waals surface area contributed by atoms with E-state index in [2.05, 4.69) is 54.5 Å². The number of phenolic OH excluding ortho intramolecular Hbond substituents is 1. The Morgan fingerprint density at radius 1 is 0.980 bits per heavy atom. The molecular formula is C42H929F5O3S. The van der Waals surface area contributed by atoms with Crippen molar-refractivity contribution in [1.29, 1.82) is 0 Å². The molecule has 1 aromatic carbocycles. The molecule has 1156 valence electrons. The van der Waals surface area contributed by atoms with Gasteiger partial charge in [0.25, 0.3) is 0 Å². The minimum atomic E-state index is -5.59. The molecule has 4 rings (SSSR count). The number of rotatable bonds is 15. The lowest BCUT2D eigenvalue weighted by molar-refractivity contribution is -0.287. The molecule has 0 bridgehead atoms. The molecule has 0 spiro atoms. The Morgan fingerprint density at radius 2 is 1.55 bits per heavy atom. The van der Waals surface area contributed by atoms with Crippen LogP contribution < -0.4 is 0 Å². The lowest BCUT2D eigenvalue weighted by Gasteiger charge is -2.62. The highest BCUT2D eigenvalue weighted by atomic mass is 32.2. The first-order valence-electron chi connectivity index (χ1n) is 21.1. The van der Waals surface area contributed by atoms with E-state index in [4.69, 9.17) is 4.34 Å². The normalized spacial score (nSPS) is 31.7. The van der Waals surface area contributed by atoms with Gasteiger partial charge in [-0.25, -0.2) is 0 Å². The zero-order valence-electron chi connectivity index (χ0n) is 35.8. The number of benzene rings is 1. The molecule has 0 heterocycles. The van der Waals surface area contributed by atoms with Gasteiger partial charge in [0.15, 0.2) is 0 Å². The highest BCUT2D eigenvalue weighted by Crippen LogP contribution is 2.70. The maximum atomic E-state index is 13.5. The van der Waals surface area contributed by atoms with Crippen molar-refractivity contribution in [2.75, 3.05) is 11.5 Å². The quantitative estimate of drug-likeness (QED) is 0.172. The Bertz CT molecular complexity index is 1640. The number of aliphatic hydroxyl groups excluding tert-OH is 1. The lowest BCUT2D eigenvalue weighted by atomic mass is 9.42. The van der Waals surface area contributed by atoms with Gasteiger partial charge in [-0.1, -0.05) is 68.4 Å². The lowest BCUT2D eigenvalue weighted by Crippen LogP contribution is -2.57. The van der Waals surface area contributed by atoms with Gasteiger partial charge in [-0.3, -0.25) is 4.21 Å². The number of fused-ring (bicyclic) bond motifs is 5. The van der Waals surface area contributed by atoms with Gasteiger partial charge in [0.2, 0.25) is 0 Å². The van der Waals surface area contributed by atoms with Gasteiger partial charge in [0, 0.05) is 651 Å². The summed E-state index contributed by atoms with van der Waals surface area (Å²) in [6.45, 7) is 21.3. The SMILES string of the molecule is [2H][2H].[2H]c1c(O)c(C)cc2c1C[C@@H](CC(C)CC(C)CC(C)CC(C)CS(=O)CC(C)CC(F)(F)C(F)(F)F)[C@@H]1[C@@H]2C(C)(C)C[C@]2(C(C)C)[C@@H](O)CC[C@@H]12.[HH].[HH].[HH].[HH].[HH].[HH].[HH].[HH].[HH].[HH].[HH].[HH].[HH].[HH].[HH].[HH].[HH].[HH].[HH].[HH].[HH].[HH].[HH].[HH].[HH].[HH].[HH].[HH].[HH].[HH].[HH].[HH].[HH].[HH].[HH].[HH].[HH].[HH].[HH].[HH].[HH].[HH].[HH].[HH].[HH].[HH].[HH].[HH].[HH].[HH].[HH].[HH].[HH].[HH].[HH].[HH].[HH].[HH].[HH].[HH].[HH].[HH].[HH].[HH].[HH].[HH].[HH].[HH].[HH].[HH].[HH].[HH].[HH].[HH].[HH].[HH].[HH].[HH].[HH].[HH].[HH].[HH].[HH].[HH].[HH].[HH].[HH].[HH].[HH].[HH].[HH].[HH].[HH].[HH].[HH].[HH].[HH].[HH].[HH].[HH].[HH].[HH].[HH].[HH].[HH].[HH].[HH].[HH].[HH].[HH].[HH].[HH].[HH].[HH].[HH].[HH].[HH].[HH].[HH].[HH].[HH].[HH].[HH].[HH].[HH].[HH].[HH].[HH].[HH].[HH].[HH].[HH].[HH].[HH].[HH].[HH].[HH].[HH].[HH].[HH].[HH].[HH].[HH].[HH].[HH].[HH].[HH].[HH].[HH].[HH].[HH].[HH].[HH].[HH].[HH].[HH].[HH].[HH].[HH].[HH].[HH].[HH].[HH].[HH].[HH].[HH].[HH].[HH].[HH].[HH].[HH].[HH].[HH].[HH].[HH].[HH].[HH].[HH].[HH].[HH].[HH].[HH].[HH].[HH].[HH].[HH].[HH].[HH].[HH].[HH].[HH].[HH].[HH].[HH].[HH].[HH].[HH].[HH].[HH].[HH].[HH].[HH].[HH].[HH].[HH].[HH].[HH].[HH].[HH].[HH].[HH].[HH].[HH].[HH].[HH].[HH].[HH].[HH].[HH].[HH].[HH].[HH].[HH].[HH].[HH].[HH].[HH].[HH].[HH].[HH].[HH].[HH].[HH].[HH].[HH].[HH].[HH].[HH].[HH].[HH].[HH].[HH].[HH].[HH].[HH].[HH].[HH].[HH].[HH].[HH].[HH].[HH].[HH].[HH].[HH].[HH].[HH].[HH].[HH].[HH].[HH].[HH].[HH].[HH].[HH].[HH].[HH].[HH].[HH].[HH].[HH].[HH].[HH].[HH].[HH].[HH].[HH].[HH].[HH].[HH].[HH].[HH].[HH].[HH].[HH].[HH].[HH].[HH].[HH].[HH].[HH].[HH].[HH].[HH].[HH].[HH].[HH].[HH].[HH].[HH].[HH].[HH].[HH].[HH].[HH].[HH].[HH].[HH].[HH].[HH].[HH].[HH].[HH].[HH].[HH].[HH].[HH].[HH].[HH].[HH].[HH].[HH].[HH].[HH].[HH].[HH].[HH].[HH].[HH].[HH].[HH].[HH].[HH].[HH].[HH].[HH].[HH].[HH].[HH].[HH].[HH].[HH].[HH].[HH].[HH].[HH].[HH].[HH].[HH].[HH].[HH].[HH].[HH].[HH].[HH].[HH].[HH].[HH].[HH].[HH].[HH].[HH].[HH].[HH].[HH].[HH].[HH].[HH].[HH].[HH].[HH].[HH].[HH].[HH].[HH].[HH].[HH].[HH].[HH].[HH].[HH].[HH].[HH].[HH].[HH].[HH].[HH].[HH].[HH].[HH].[HH].[HH].[HH].[HH].[HH].[HH].[HH].[HH].[HH].[HH].[HH].[HH].[HH].[HH].[HH].[HH].[HH].[HH].[HH].[HH].[HH].[HH].[HH].[HH].[HH].[HH].[HH].[HH].[HH].[HH].[HH].[HH].[HH].[HH].[HH].[HH].[HH].[HH].[HH].[HH]. The summed E-state index contributed by atoms with van der Waals surface area (Å²) in [5.74, 6) is -2.56. The molecule has 2 saturated carbocycles. The predicted molar refractivity (Wildman–Crippen MR) is 1110 cm³/mol. The van der Waals surface area contributed by atoms with Gasteiger partial charge in [-0.2, -0.15) is 22.0 Å². The van der Waals surface area contributed by atoms with Crippen molar-refractivity contribution in [3.63, 3.8) is 0 Å². The van der Waals surface area contributed by atoms with Gasteiger partial charge in [-0.15, -0.1) is 0 Å². The first kappa shape index (κ1) is 39.5. The Kier molecular flexibility index (Phi) is 12.3. The minimum Gasteiger partial charge on any atom is -0.508 e. The Labute approximate surface area is 950 Å². The van der Waals surface area contributed by atoms with E-state index in [9.17, 15) is 36.4 Å². The summed E-state index contributed by atoms with van der Waals surface area (Å²) in [6, 6.07) is 2.43. The van der Waals surface area contributed by atoms with Crippen LogP contribution >= 0.6 is 0 Å². The zero-order valence-corrected chi connectivity index (χ0v) is 33.6. The van der Waals surface area contributed by atoms with Gasteiger partial charge in [0.1, 0.15) is 5.75 Å². The minimum absolute atomic E-state index is 0. The number of alkyl halides is 5. The number of halogens is 5. The second kappa shape index (κ2) is 15.9. The summed E-state index contributed by atoms with van der Waals surface area (Å²) >= 11 is 0. The van der Waals surface area contributed by atoms with Gasteiger partial charge < -0.3 is 10.2 Å². The van der Waals surface area contributed by atoms with Crippen molar-refractivity contribution < 1.29 is 654 Å². The molecule has 3 aliphatic rings. The van der Waals surface area contributed by atoms with Crippen LogP contribution in [0.3, 0.4) is 0 Å². The van der Waals surface area contributed by atoms with Gasteiger partial charge in [-0.05, 0) is 146 Å². The van der Waals surface area contributed by atoms with E-state index in [0.717, 1.165) is 62.5 Å². The standard InChI is InChI=1S/C42H67F5O3S.431H2/c1-24(2)40-23-39(9,10)38-33-17-30(8)35(48)19-31(33)18-32(37(38)34(40)11-12-36(40)49)16-27(5)14-25(3)13-26(4)15-28(6)21-51(50)22-29(7)20-41(43,44)42(45,46)47;;;;;;;;;;;;;;;;;;;;;;;;;;;;;;;;;;;;;;;;;;;;;;;;;;;;;;;;;;;;;;;;;;;;;;;;;;;;;;;;;;;;;;;;;;;;;;;;;;;;;;;;;;;;;;;;;;;;;;;;;;;;;;;;;;;;;;;;;;;;;;;;;;;;;;;;;;;;;;;;;;;;;;;;;;;;;;;;;;;;;;;;;;;;;;;;;;;;;;;;;;;;;;;;;;;;;;;;;;;;;;;;;;;;;;;;;;;;;;;;;;;;;;;;;;;;;;;;;;;;;;;;;;;;;;;;;;;;;;;;;;;;;;;;;;;;;;;;;;;;;;;;;;;;;;;;;;;;;;;;;;;;;;;;;;;;;;;;;;;;;;;;;;;;;;;;;;;;;;;;;;;;;;;;;;;;;;;;;;;;;;;;;;;;;;;;;;;;;;;;;;;;;;;;;;;;;;;;;;;;;;;;;;;;;;;/h17,19,24-29,32,34,36-38,48-49H,11-16,18,20-23H2,1-10H3;431*1H/t25?,26?,27?,28?,29?,32-,34+,36+,37+,38-,40-,51?;;;;;;;;;;;;;;;;;;;;;;;;;;;;;;;;;;;;;;;;;;;;;;;;;;;;;;;;;;;;;;;;;;;;;;;;;;;;;;;;;;;;;;;;;;;;;;;;;;;;;;;;;;;;;;;;;;;;;;;;;;;;;;;;;;;;;;;;;;;;;;;;;;;;;;;;;;;;;;;;;;;;;;;;;;;;;;;;;;;;;;;;;;;;;;;;;;;;;;;;;;;;;;;;;;;;;;;;;;;;;;;;;;;;;;;;;;;;;;;;;;;;;;;;;;;;;;;;;;;;;;;;;;;;;;;;;;;;;;;;;;;;;;;;;;;;;;;;;;;;;;;;;;;;;;;;;;;;;;;;;;;;;;;;;;;;;;;;;;;;;;;;;;;;;;;;;;;;;;;;;;;;;;;;;;;;;;;;;;;;;;;;;;;;;;;;;;;;;;;;;;;;;;;;;;;;;;;;;;;;;;;;;;;;;;;/m1.............................................................................................................................................................................................................................................................................................................................................................................................................................................../s1/i19D;1+1D;;;;;;;;;;;;;;;;;;;;;;;;;;;;;;;;;;;;;;;;;;;;;;;;;;;;;;;;;;;;;;;;;;;;;;;;;;;;;;;;;;;;;;;;;;;;;;;;;;;;;;;;;;;;;;;;;;;;;;;;;;;;;;;;;;;;;;;;;;;;;;;;;;;;;;;;;;;;;;;;;;;;;;;;;;;;;;;;;;;;;;;;;;;;;;;;;;;;;;;;;;;;;;;;;;;;;;;;;;;;;;;;;;;;;;;;;;;;;;;;;;;;;;;;;;;;;;;;;;;;;;;;;;;;;;;;;;;;;;;;;;;;;;;;;;;;;;;;;;;;;;;;;;;;;;;;;;;;;;;;;;;;;;;;;;;;;;;;;;;;;;;;;;;;;;;;;;;;;;;;;;;;;;;;;;;;;;;;;;;;;;;;;;;;;;;;;;;;;;;;;;;;;;;;;;;;;;;;;;;;;;;;;;;;;;. The van der Waals surface area contributed by atoms with Crippen LogP contribution in [0.25, 0.3) is 0 Å². The highest BCUT2D eigenvalue weighted by molar-refractivity contribution is 7.85. The average molecular weight is 1620 g/mol. The van der Waals surface area contributed by atoms with Gasteiger partial charge >= 0.3 is 12.1 Å². The monoisotopic (exact) mass is 1620 g/mol. The van der Waals surface area contributed by atoms with E-state index in [1.165, 1.54) is 12.5 Å². The third-order valence-electron chi connectivity index (χ3n) is 13.4. The molecule has 51 heavy (non-hydrogen) atoms. The number of phenols is 1. The first-order valence-corrected chi connectivity index (χ1v) is 21.1. The molecule has 3 aliphatic carbocycles. The van der Waals surface area contributed by atoms with E-state index >= 15 is 0 Å². The fourth-order valence-corrected chi connectivity index (χ4v) is 13.5. The Balaban J connectivity index is -0.000000000170. The molecule has 12 atom stereocenters. The molecular weight excluding hydrogens is 680 g/mol. The molecule has 0 saturated heterocycles. The van der Waals surface area contributed by atoms with Crippen LogP contribution in [0.1, 0.15) is 754 Å². The van der Waals surface area contributed by atoms with E-state index in [1.54, 1.807) is 0 Å². The second-order valence-electron chi connectivity index (χ2n) is 19.0. The molecule has 6 unspecified atom stereocenters. The van der Waals surface area contributed by atoms with Crippen molar-refractivity contribution >= 4 is 10.8 Å². The third-order valence-corrected chi connectivity index (χ3v) is 15.3. The molecule has 3 nitrogen and oxygen atoms in total. The number of hydrogen-bond acceptors (Lipinski definition) is 3. The maximum Gasteiger partial charge on any atom is 0.453 e. The van der Waals surface area contributed by atoms with Crippen molar-refractivity contribution in [3.8, 4) is 5.75 Å². The van der Waals surface area contributed by atoms with Crippen LogP contribution in [0.5, 0.6) is 5.75 Å². The van der Waals surface area contributed by atoms with Crippen LogP contribution in [0.15, 0.2) is 12.1 Å². The number of aryl methyl sites for hydroxylation is 1. The number of aliphatic hydroxyl groups is 1. The molecule has 0 aromatic heterocycles. The predicted octanol–water partition coefficient (Wildman–Crippen LogP) is 118. The van der Waals surface area contributed by atoms with E-state index in [-0.39, 0.29) is 660 Å². The van der Waals surface area contributed by atoms with Crippen molar-refractivity contribution in [3.05, 3.63) is 28.8 Å². The molecule has 1 aromatic rings. The summed E-state index contributed by atoms with van der Waals surface area (Å²) in [5, 5.41) is 22.5. The molecule has 2 N–H and O–H groups in total. The zero-order chi connectivity index (χ0) is 41.3. The smallest absolute Gasteiger partial charge is 0.453 e. The molecule has 0 radical (unpaired) electrons. The topological polar surface area (TPSA) is 57.5 Å². The van der Waals surface area contributed by atoms with Gasteiger partial charge in [0.05, 0.1) is 7.47 Å². The van der Waals surface area contributed by atoms with Crippen molar-refractivity contribution in [2.45, 2.75) is 151 Å². The van der Waals surface area contributed by atoms with E-state index < -0.39 is 35.2 Å². The summed E-state index contributed by atoms with van der Waals surface area (Å²) in [6.07, 6.45) is 0.192. The third kappa shape index (κ3) is 9.19. The summed E-state index contributed by atoms with van der Waals surface area (Å²) < 4.78 is 96.5. The summed E-state index contributed by atoms with van der Waals surface area (Å²) in [4.78, 5) is 0. The van der Waals surface area contributed by atoms with Crippen LogP contribution in [0, 0.1) is 71.0 Å². The molecule has 0 aliphatic heterocycles. The van der Waals surface area contributed by atoms with Crippen molar-refractivity contribution in [1.82, 2.24) is 0 Å². The highest BCUT2D eigenvalue weighted by Gasteiger charge is 2.64. The van der Waals surface area contributed by atoms with Crippen LogP contribution in [-0.4, -0.2) is 44.1 Å². The molecule has 9 heteroatoms. The summed E-state index contributed by atoms with van der Waals surface area (Å²) in [7, 11) is -1.47. The first-order chi connectivity index (χ1) is 24.8. The Hall–Kier alpha value is -1.22. The number of hydrogen-bond donors (Lipinski definition) is 2. The second-order valence-corrected chi connectivity index (χ2v) is 20.6. The van der Waals surface area contributed by atoms with Crippen LogP contribution in [0.2, 0.25) is 0 Å². The van der Waals surface area contributed by atoms with Crippen LogP contribution in [-0.2, 0) is 17.2 Å². The maximum absolute atomic E-state index is 13.5. The average Bonchev–Trinajstić information content (AvgIpc) is 3.35. The largest absolute Gasteiger partial charge is 0.508 e. The number of aromatic hydroxyl groups is 1. The Morgan fingerprint density at radius 3 is 2.14 bits per heavy atom. The molecule has 2 fully saturated rings. The van der Waals surface area contributed by atoms with Crippen LogP contribution in [0.4, 0.5) is 22.0 Å². The fraction of sp³-hybridized carbons (Fsp3) is 0.857. The summed E-state index contributed by atoms with van der Waals surface area (Å²) in [5.41, 5.74) is 2.79. The molecule has 0 amide bonds. The fourth-order valence-electron chi connectivity index (χ4n) is 11.9. The van der Waals surface area contributed by atoms with E-state index in [1.807, 2.05) is 13.8 Å².